The Labute approximate surface area is 181 Å². The number of nitrogens with zero attached hydrogens (tertiary/aromatic N) is 2. The Kier molecular flexibility index (Phi) is 6.39. The molecular formula is C22H25IN4O. The van der Waals surface area contributed by atoms with Crippen LogP contribution in [0.25, 0.3) is 10.9 Å². The highest BCUT2D eigenvalue weighted by Crippen LogP contribution is 2.27. The molecule has 1 heterocycles. The third-order valence-electron chi connectivity index (χ3n) is 5.29. The normalized spacial score (nSPS) is 13.7. The zero-order chi connectivity index (χ0) is 18.8. The molecule has 0 spiro atoms. The lowest BCUT2D eigenvalue weighted by molar-refractivity contribution is 0.687. The number of rotatable bonds is 3. The summed E-state index contributed by atoms with van der Waals surface area (Å²) in [4.78, 5) is 17.0. The standard InChI is InChI=1S/C22H24N4O.HI/c1-26-20-12-5-3-8-16(20)13-17(21(26)27)14-24-22(23)25-19-11-6-9-15-7-2-4-10-18(15)19;/h3,5-6,8-9,11-13H,2,4,7,10,14H2,1H3,(H3,23,24,25);1H. The second-order valence-corrected chi connectivity index (χ2v) is 7.07. The molecule has 0 saturated carbocycles. The molecule has 3 aromatic rings. The van der Waals surface area contributed by atoms with Crippen LogP contribution in [0.4, 0.5) is 5.69 Å². The molecule has 0 unspecified atom stereocenters. The Morgan fingerprint density at radius 1 is 1.14 bits per heavy atom. The number of anilines is 1. The zero-order valence-electron chi connectivity index (χ0n) is 15.9. The van der Waals surface area contributed by atoms with E-state index in [1.807, 2.05) is 36.4 Å². The smallest absolute Gasteiger partial charge is 0.255 e. The summed E-state index contributed by atoms with van der Waals surface area (Å²) in [6.45, 7) is 0.255. The quantitative estimate of drug-likeness (QED) is 0.333. The maximum Gasteiger partial charge on any atom is 0.255 e. The number of nitrogens with one attached hydrogen (secondary N) is 1. The molecule has 2 aromatic carbocycles. The SMILES string of the molecule is Cn1c(=O)c(CN=C(N)Nc2cccc3c2CCCC3)cc2ccccc21.I. The van der Waals surface area contributed by atoms with E-state index in [0.29, 0.717) is 11.5 Å². The van der Waals surface area contributed by atoms with Crippen LogP contribution in [0.3, 0.4) is 0 Å². The number of nitrogens with two attached hydrogens (primary N) is 1. The number of pyridine rings is 1. The summed E-state index contributed by atoms with van der Waals surface area (Å²) in [5.74, 6) is 0.337. The van der Waals surface area contributed by atoms with Crippen LogP contribution in [0.2, 0.25) is 0 Å². The molecule has 1 aliphatic carbocycles. The average molecular weight is 488 g/mol. The average Bonchev–Trinajstić information content (AvgIpc) is 2.70. The second kappa shape index (κ2) is 8.77. The Morgan fingerprint density at radius 2 is 1.93 bits per heavy atom. The van der Waals surface area contributed by atoms with Crippen molar-refractivity contribution in [2.75, 3.05) is 5.32 Å². The highest BCUT2D eigenvalue weighted by Gasteiger charge is 2.13. The van der Waals surface area contributed by atoms with E-state index in [1.165, 1.54) is 24.0 Å². The Balaban J connectivity index is 0.00000225. The van der Waals surface area contributed by atoms with Crippen LogP contribution in [-0.4, -0.2) is 10.5 Å². The van der Waals surface area contributed by atoms with E-state index >= 15 is 0 Å². The van der Waals surface area contributed by atoms with E-state index in [2.05, 4.69) is 22.4 Å². The van der Waals surface area contributed by atoms with E-state index in [1.54, 1.807) is 11.6 Å². The molecule has 28 heavy (non-hydrogen) atoms. The molecular weight excluding hydrogens is 463 g/mol. The van der Waals surface area contributed by atoms with Crippen LogP contribution >= 0.6 is 24.0 Å². The topological polar surface area (TPSA) is 72.4 Å². The van der Waals surface area contributed by atoms with E-state index in [-0.39, 0.29) is 36.1 Å². The van der Waals surface area contributed by atoms with Gasteiger partial charge < -0.3 is 15.6 Å². The van der Waals surface area contributed by atoms with Crippen LogP contribution < -0.4 is 16.6 Å². The van der Waals surface area contributed by atoms with Crippen molar-refractivity contribution >= 4 is 46.5 Å². The number of fused-ring (bicyclic) bond motifs is 2. The minimum absolute atomic E-state index is 0. The molecule has 0 fully saturated rings. The summed E-state index contributed by atoms with van der Waals surface area (Å²) in [5, 5.41) is 4.25. The van der Waals surface area contributed by atoms with Crippen LogP contribution in [0.1, 0.15) is 29.5 Å². The molecule has 0 radical (unpaired) electrons. The van der Waals surface area contributed by atoms with E-state index < -0.39 is 0 Å². The molecule has 6 heteroatoms. The number of guanidine groups is 1. The highest BCUT2D eigenvalue weighted by atomic mass is 127. The number of halogens is 1. The van der Waals surface area contributed by atoms with Gasteiger partial charge in [0.15, 0.2) is 5.96 Å². The van der Waals surface area contributed by atoms with Crippen LogP contribution in [0.5, 0.6) is 0 Å². The predicted octanol–water partition coefficient (Wildman–Crippen LogP) is 3.96. The molecule has 146 valence electrons. The summed E-state index contributed by atoms with van der Waals surface area (Å²) < 4.78 is 1.66. The number of hydrogen-bond donors (Lipinski definition) is 2. The molecule has 0 bridgehead atoms. The summed E-state index contributed by atoms with van der Waals surface area (Å²) in [6.07, 6.45) is 4.63. The number of benzene rings is 2. The fraction of sp³-hybridized carbons (Fsp3) is 0.273. The van der Waals surface area contributed by atoms with E-state index in [9.17, 15) is 4.79 Å². The van der Waals surface area contributed by atoms with Gasteiger partial charge in [-0.25, -0.2) is 4.99 Å². The molecule has 1 aliphatic rings. The molecule has 3 N–H and O–H groups in total. The van der Waals surface area contributed by atoms with E-state index in [0.717, 1.165) is 29.4 Å². The van der Waals surface area contributed by atoms with Crippen LogP contribution in [0, 0.1) is 0 Å². The van der Waals surface area contributed by atoms with Gasteiger partial charge >= 0.3 is 0 Å². The Hall–Kier alpha value is -2.35. The Bertz CT molecular complexity index is 1090. The van der Waals surface area contributed by atoms with Crippen molar-refractivity contribution < 1.29 is 0 Å². The molecule has 0 aliphatic heterocycles. The van der Waals surface area contributed by atoms with Gasteiger partial charge in [0.1, 0.15) is 0 Å². The second-order valence-electron chi connectivity index (χ2n) is 7.07. The first-order chi connectivity index (χ1) is 13.1. The van der Waals surface area contributed by atoms with Gasteiger partial charge in [-0.15, -0.1) is 24.0 Å². The van der Waals surface area contributed by atoms with Crippen molar-refractivity contribution in [2.24, 2.45) is 17.8 Å². The molecule has 0 amide bonds. The monoisotopic (exact) mass is 488 g/mol. The lowest BCUT2D eigenvalue weighted by Gasteiger charge is -2.19. The van der Waals surface area contributed by atoms with Gasteiger partial charge in [-0.1, -0.05) is 30.3 Å². The van der Waals surface area contributed by atoms with Crippen molar-refractivity contribution in [1.82, 2.24) is 4.57 Å². The van der Waals surface area contributed by atoms with Gasteiger partial charge in [-0.05, 0) is 60.4 Å². The minimum Gasteiger partial charge on any atom is -0.370 e. The Morgan fingerprint density at radius 3 is 2.79 bits per heavy atom. The fourth-order valence-corrected chi connectivity index (χ4v) is 3.85. The summed E-state index contributed by atoms with van der Waals surface area (Å²) in [5.41, 5.74) is 11.4. The lowest BCUT2D eigenvalue weighted by atomic mass is 9.90. The van der Waals surface area contributed by atoms with Gasteiger partial charge in [0.05, 0.1) is 12.1 Å². The maximum atomic E-state index is 12.6. The van der Waals surface area contributed by atoms with Crippen molar-refractivity contribution in [2.45, 2.75) is 32.2 Å². The third kappa shape index (κ3) is 4.06. The number of aryl methyl sites for hydroxylation is 2. The molecule has 0 saturated heterocycles. The zero-order valence-corrected chi connectivity index (χ0v) is 18.3. The summed E-state index contributed by atoms with van der Waals surface area (Å²) >= 11 is 0. The third-order valence-corrected chi connectivity index (χ3v) is 5.29. The molecule has 5 nitrogen and oxygen atoms in total. The fourth-order valence-electron chi connectivity index (χ4n) is 3.85. The van der Waals surface area contributed by atoms with Crippen molar-refractivity contribution in [3.05, 3.63) is 75.6 Å². The first-order valence-electron chi connectivity index (χ1n) is 9.39. The van der Waals surface area contributed by atoms with Gasteiger partial charge in [0, 0.05) is 18.3 Å². The largest absolute Gasteiger partial charge is 0.370 e. The molecule has 0 atom stereocenters. The van der Waals surface area contributed by atoms with Crippen molar-refractivity contribution in [3.63, 3.8) is 0 Å². The first kappa shape index (κ1) is 20.4. The van der Waals surface area contributed by atoms with Crippen molar-refractivity contribution in [3.8, 4) is 0 Å². The van der Waals surface area contributed by atoms with Crippen LogP contribution in [0.15, 0.2) is 58.3 Å². The first-order valence-corrected chi connectivity index (χ1v) is 9.39. The van der Waals surface area contributed by atoms with Crippen LogP contribution in [-0.2, 0) is 26.4 Å². The summed E-state index contributed by atoms with van der Waals surface area (Å²) in [7, 11) is 1.79. The minimum atomic E-state index is -0.0395. The number of aromatic nitrogens is 1. The van der Waals surface area contributed by atoms with Gasteiger partial charge in [0.2, 0.25) is 0 Å². The number of hydrogen-bond acceptors (Lipinski definition) is 2. The number of para-hydroxylation sites is 1. The van der Waals surface area contributed by atoms with Gasteiger partial charge in [0.25, 0.3) is 5.56 Å². The highest BCUT2D eigenvalue weighted by molar-refractivity contribution is 14.0. The maximum absolute atomic E-state index is 12.6. The summed E-state index contributed by atoms with van der Waals surface area (Å²) in [6, 6.07) is 16.0. The predicted molar refractivity (Wildman–Crippen MR) is 127 cm³/mol. The van der Waals surface area contributed by atoms with Gasteiger partial charge in [-0.2, -0.15) is 0 Å². The molecule has 1 aromatic heterocycles. The van der Waals surface area contributed by atoms with E-state index in [4.69, 9.17) is 5.73 Å². The van der Waals surface area contributed by atoms with Gasteiger partial charge in [-0.3, -0.25) is 4.79 Å². The molecule has 4 rings (SSSR count). The van der Waals surface area contributed by atoms with Crippen molar-refractivity contribution in [1.29, 1.82) is 0 Å². The lowest BCUT2D eigenvalue weighted by Crippen LogP contribution is -2.25. The number of aliphatic imine (C=N–C) groups is 1.